The predicted octanol–water partition coefficient (Wildman–Crippen LogP) is 33.4. The molecule has 0 atom stereocenters. The highest BCUT2D eigenvalue weighted by Gasteiger charge is 2.50. The summed E-state index contributed by atoms with van der Waals surface area (Å²) in [5, 5.41) is 7.00. The molecule has 0 fully saturated rings. The number of aromatic nitrogens is 9. The Morgan fingerprint density at radius 3 is 0.780 bits per heavy atom. The van der Waals surface area contributed by atoms with Gasteiger partial charge in [-0.1, -0.05) is 411 Å². The molecule has 0 spiro atoms. The zero-order valence-corrected chi connectivity index (χ0v) is 80.8. The van der Waals surface area contributed by atoms with E-state index >= 15 is 0 Å². The molecule has 12 heteroatoms. The molecule has 680 valence electrons. The first-order chi connectivity index (χ1) is 68.4. The zero-order chi connectivity index (χ0) is 96.0. The van der Waals surface area contributed by atoms with Crippen LogP contribution < -0.4 is 0 Å². The molecule has 0 amide bonds. The Balaban J connectivity index is 0.000000115. The highest BCUT2D eigenvalue weighted by molar-refractivity contribution is 6.12. The molecule has 0 saturated heterocycles. The number of nitrogens with zero attached hydrogens (tertiary/aromatic N) is 9. The average Bonchev–Trinajstić information content (AvgIpc) is 1.59. The van der Waals surface area contributed by atoms with Crippen LogP contribution in [-0.4, -0.2) is 44.9 Å². The summed E-state index contributed by atoms with van der Waals surface area (Å²) < 4.78 is 19.3. The first-order valence-electron chi connectivity index (χ1n) is 48.5. The number of fused-ring (bicyclic) bond motifs is 19. The van der Waals surface area contributed by atoms with Crippen molar-refractivity contribution in [3.63, 3.8) is 0 Å². The van der Waals surface area contributed by atoms with Gasteiger partial charge in [-0.25, -0.2) is 44.9 Å². The van der Waals surface area contributed by atoms with E-state index in [1.807, 2.05) is 206 Å². The molecular weight excluding hydrogens is 1720 g/mol. The minimum Gasteiger partial charge on any atom is -0.456 e. The van der Waals surface area contributed by atoms with Crippen molar-refractivity contribution in [3.8, 4) is 158 Å². The molecule has 3 aliphatic carbocycles. The van der Waals surface area contributed by atoms with E-state index in [9.17, 15) is 0 Å². The fourth-order valence-corrected chi connectivity index (χ4v) is 21.5. The van der Waals surface area contributed by atoms with Crippen LogP contribution in [0.4, 0.5) is 0 Å². The van der Waals surface area contributed by atoms with E-state index in [1.165, 1.54) is 88.5 Å². The lowest BCUT2D eigenvalue weighted by molar-refractivity contribution is 0.299. The summed E-state index contributed by atoms with van der Waals surface area (Å²) in [6.45, 7) is 28.4. The molecule has 141 heavy (non-hydrogen) atoms. The number of para-hydroxylation sites is 3. The summed E-state index contributed by atoms with van der Waals surface area (Å²) in [6, 6.07) is 137. The highest BCUT2D eigenvalue weighted by atomic mass is 16.3. The Morgan fingerprint density at radius 1 is 0.149 bits per heavy atom. The molecule has 26 rings (SSSR count). The van der Waals surface area contributed by atoms with E-state index < -0.39 is 0 Å². The Labute approximate surface area is 819 Å². The molecule has 23 aromatic rings. The fraction of sp³-hybridized carbons (Fsp3) is 0.140. The van der Waals surface area contributed by atoms with Crippen molar-refractivity contribution >= 4 is 65.8 Å². The van der Waals surface area contributed by atoms with E-state index in [2.05, 4.69) is 271 Å². The van der Waals surface area contributed by atoms with Crippen LogP contribution in [0.1, 0.15) is 116 Å². The number of rotatable bonds is 11. The van der Waals surface area contributed by atoms with Gasteiger partial charge < -0.3 is 13.3 Å². The van der Waals surface area contributed by atoms with Gasteiger partial charge in [0.15, 0.2) is 52.4 Å². The van der Waals surface area contributed by atoms with Crippen LogP contribution in [-0.2, 0) is 32.5 Å². The van der Waals surface area contributed by atoms with Crippen molar-refractivity contribution in [3.05, 3.63) is 428 Å². The van der Waals surface area contributed by atoms with Crippen LogP contribution in [0, 0.1) is 0 Å². The van der Waals surface area contributed by atoms with Gasteiger partial charge in [0.1, 0.15) is 33.5 Å². The van der Waals surface area contributed by atoms with Crippen molar-refractivity contribution in [2.24, 2.45) is 0 Å². The summed E-state index contributed by atoms with van der Waals surface area (Å²) in [5.41, 5.74) is 33.4. The van der Waals surface area contributed by atoms with E-state index in [1.54, 1.807) is 0 Å². The zero-order valence-electron chi connectivity index (χ0n) is 80.8. The third kappa shape index (κ3) is 14.7. The minimum atomic E-state index is -0.171. The minimum absolute atomic E-state index is 0.115. The largest absolute Gasteiger partial charge is 0.456 e. The molecule has 0 N–H and O–H groups in total. The standard InChI is InChI=1S/2C45H35N3O.C39H31N3O/c1-44(2)36-25-24-34-33-20-11-12-21-38(33)49-40(34)39(36)35-23-22-31(27-37(35)45(44,3)4)30-18-13-19-32(26-30)43-47-41(28-14-7-5-8-15-28)46-42(48-43)29-16-9-6-10-17-29;1-44(2)37-25-32(23-24-33(37)35-27-40-36(26-38(35)45(44,3)4)34-17-11-12-18-39(34)49-40)28-19-21-31(22-20-28)43-47-41(29-13-7-5-8-14-29)46-42(48-43)30-15-9-6-10-16-30;1-38(2)31-21-26(37-41-35(24-13-7-5-8-14-24)40-36(42-37)25-15-9-6-10-16-25)19-20-27(31)29-23-34-30(22-32(29)39(38,3)4)28-17-11-12-18-33(28)43-34/h2*5-27H,1-4H3;5-23H,1-4H3. The molecule has 0 saturated carbocycles. The van der Waals surface area contributed by atoms with Crippen LogP contribution in [0.15, 0.2) is 408 Å². The smallest absolute Gasteiger partial charge is 0.164 e. The third-order valence-corrected chi connectivity index (χ3v) is 31.5. The van der Waals surface area contributed by atoms with Gasteiger partial charge in [-0.15, -0.1) is 0 Å². The number of furan rings is 3. The summed E-state index contributed by atoms with van der Waals surface area (Å²) in [7, 11) is 0. The number of hydrogen-bond donors (Lipinski definition) is 0. The molecule has 0 bridgehead atoms. The maximum atomic E-state index is 6.61. The second-order valence-electron chi connectivity index (χ2n) is 40.8. The van der Waals surface area contributed by atoms with Gasteiger partial charge in [0.2, 0.25) is 0 Å². The molecule has 6 heterocycles. The SMILES string of the molecule is CC1(C)c2cc(-c3ccc(-c4nc(-c5ccccc5)nc(-c5ccccc5)n4)cc3)ccc2-c2cc3oc4ccccc4c3cc2C1(C)C.CC1(C)c2cc(-c3cccc(-c4nc(-c5ccccc5)nc(-c5ccccc5)n4)c3)ccc2-c2c(ccc3c2oc2ccccc23)C1(C)C.CC1(C)c2cc(-c3nc(-c4ccccc4)nc(-c4ccccc4)n3)ccc2-c2cc3oc4ccccc4c3cc2C1(C)C. The maximum Gasteiger partial charge on any atom is 0.164 e. The number of benzene rings is 17. The monoisotopic (exact) mass is 1820 g/mol. The second-order valence-corrected chi connectivity index (χ2v) is 40.8. The van der Waals surface area contributed by atoms with Gasteiger partial charge >= 0.3 is 0 Å². The van der Waals surface area contributed by atoms with Crippen LogP contribution >= 0.6 is 0 Å². The normalized spacial score (nSPS) is 14.6. The van der Waals surface area contributed by atoms with E-state index in [4.69, 9.17) is 58.1 Å². The van der Waals surface area contributed by atoms with E-state index in [0.717, 1.165) is 116 Å². The van der Waals surface area contributed by atoms with Crippen molar-refractivity contribution in [1.29, 1.82) is 0 Å². The van der Waals surface area contributed by atoms with Crippen LogP contribution in [0.2, 0.25) is 0 Å². The molecule has 0 unspecified atom stereocenters. The molecular formula is C129H101N9O3. The topological polar surface area (TPSA) is 155 Å². The first kappa shape index (κ1) is 87.0. The van der Waals surface area contributed by atoms with Gasteiger partial charge in [-0.3, -0.25) is 0 Å². The highest BCUT2D eigenvalue weighted by Crippen LogP contribution is 2.60. The summed E-state index contributed by atoms with van der Waals surface area (Å²) in [4.78, 5) is 44.4. The maximum absolute atomic E-state index is 6.61. The fourth-order valence-electron chi connectivity index (χ4n) is 21.5. The molecule has 17 aromatic carbocycles. The van der Waals surface area contributed by atoms with Crippen LogP contribution in [0.5, 0.6) is 0 Å². The Hall–Kier alpha value is -16.8. The predicted molar refractivity (Wildman–Crippen MR) is 576 cm³/mol. The van der Waals surface area contributed by atoms with Crippen molar-refractivity contribution in [2.75, 3.05) is 0 Å². The molecule has 0 aliphatic heterocycles. The summed E-state index contributed by atoms with van der Waals surface area (Å²) in [5.74, 6) is 5.94. The van der Waals surface area contributed by atoms with Crippen LogP contribution in [0.25, 0.3) is 224 Å². The van der Waals surface area contributed by atoms with E-state index in [-0.39, 0.29) is 32.5 Å². The lowest BCUT2D eigenvalue weighted by atomic mass is 9.55. The Bertz CT molecular complexity index is 8710. The Kier molecular flexibility index (Phi) is 20.7. The number of hydrogen-bond acceptors (Lipinski definition) is 12. The Morgan fingerprint density at radius 2 is 0.397 bits per heavy atom. The summed E-state index contributed by atoms with van der Waals surface area (Å²) in [6.07, 6.45) is 0. The first-order valence-corrected chi connectivity index (χ1v) is 48.5. The molecule has 12 nitrogen and oxygen atoms in total. The van der Waals surface area contributed by atoms with Gasteiger partial charge in [0.05, 0.1) is 0 Å². The molecule has 3 aliphatic rings. The molecule has 0 radical (unpaired) electrons. The van der Waals surface area contributed by atoms with E-state index in [0.29, 0.717) is 52.4 Å². The van der Waals surface area contributed by atoms with Gasteiger partial charge in [-0.2, -0.15) is 0 Å². The van der Waals surface area contributed by atoms with Crippen molar-refractivity contribution < 1.29 is 13.3 Å². The lowest BCUT2D eigenvalue weighted by Gasteiger charge is -2.48. The average molecular weight is 1830 g/mol. The van der Waals surface area contributed by atoms with Crippen molar-refractivity contribution in [2.45, 2.75) is 116 Å². The second kappa shape index (κ2) is 33.5. The third-order valence-electron chi connectivity index (χ3n) is 31.5. The molecule has 6 aromatic heterocycles. The van der Waals surface area contributed by atoms with Gasteiger partial charge in [0.25, 0.3) is 0 Å². The lowest BCUT2D eigenvalue weighted by Crippen LogP contribution is -2.43. The van der Waals surface area contributed by atoms with Gasteiger partial charge in [0, 0.05) is 88.0 Å². The van der Waals surface area contributed by atoms with Crippen LogP contribution in [0.3, 0.4) is 0 Å². The summed E-state index contributed by atoms with van der Waals surface area (Å²) >= 11 is 0. The van der Waals surface area contributed by atoms with Crippen molar-refractivity contribution in [1.82, 2.24) is 44.9 Å². The quantitative estimate of drug-likeness (QED) is 0.121. The van der Waals surface area contributed by atoms with Gasteiger partial charge in [-0.05, 0) is 183 Å².